The summed E-state index contributed by atoms with van der Waals surface area (Å²) in [5.41, 5.74) is 6.95. The van der Waals surface area contributed by atoms with E-state index in [1.165, 1.54) is 12.8 Å². The van der Waals surface area contributed by atoms with Crippen molar-refractivity contribution in [1.29, 1.82) is 0 Å². The second kappa shape index (κ2) is 8.97. The minimum Gasteiger partial charge on any atom is -0.346 e. The van der Waals surface area contributed by atoms with Gasteiger partial charge >= 0.3 is 0 Å². The van der Waals surface area contributed by atoms with Crippen LogP contribution >= 0.6 is 12.2 Å². The van der Waals surface area contributed by atoms with Gasteiger partial charge in [0.05, 0.1) is 22.4 Å². The lowest BCUT2D eigenvalue weighted by molar-refractivity contribution is 0.107. The Morgan fingerprint density at radius 3 is 2.14 bits per heavy atom. The van der Waals surface area contributed by atoms with E-state index in [9.17, 15) is 0 Å². The van der Waals surface area contributed by atoms with E-state index in [-0.39, 0.29) is 0 Å². The Morgan fingerprint density at radius 1 is 0.889 bits per heavy atom. The van der Waals surface area contributed by atoms with Crippen LogP contribution in [0.5, 0.6) is 0 Å². The maximum Gasteiger partial charge on any atom is 0.173 e. The number of benzene rings is 3. The maximum absolute atomic E-state index is 5.92. The zero-order valence-electron chi connectivity index (χ0n) is 21.1. The van der Waals surface area contributed by atoms with E-state index in [4.69, 9.17) is 22.2 Å². The van der Waals surface area contributed by atoms with Gasteiger partial charge in [-0.2, -0.15) is 0 Å². The molecule has 182 valence electrons. The van der Waals surface area contributed by atoms with Gasteiger partial charge in [-0.05, 0) is 60.5 Å². The molecule has 2 aliphatic rings. The number of hydrogen-bond acceptors (Lipinski definition) is 3. The smallest absolute Gasteiger partial charge is 0.173 e. The largest absolute Gasteiger partial charge is 0.346 e. The van der Waals surface area contributed by atoms with Crippen LogP contribution < -0.4 is 5.32 Å². The van der Waals surface area contributed by atoms with Crippen molar-refractivity contribution in [1.82, 2.24) is 14.9 Å². The molecule has 0 radical (unpaired) electrons. The zero-order valence-corrected chi connectivity index (χ0v) is 21.9. The summed E-state index contributed by atoms with van der Waals surface area (Å²) in [5.74, 6) is 1.43. The molecular weight excluding hydrogens is 460 g/mol. The van der Waals surface area contributed by atoms with Gasteiger partial charge in [0.1, 0.15) is 0 Å². The number of nitrogens with one attached hydrogen (secondary N) is 1. The van der Waals surface area contributed by atoms with Gasteiger partial charge in [-0.1, -0.05) is 81.4 Å². The van der Waals surface area contributed by atoms with Crippen molar-refractivity contribution in [2.75, 3.05) is 11.9 Å². The fourth-order valence-corrected chi connectivity index (χ4v) is 6.45. The van der Waals surface area contributed by atoms with Crippen molar-refractivity contribution in [3.05, 3.63) is 78.9 Å². The van der Waals surface area contributed by atoms with Crippen molar-refractivity contribution in [3.8, 4) is 22.5 Å². The van der Waals surface area contributed by atoms with Crippen LogP contribution in [0, 0.1) is 17.3 Å². The number of thiocarbonyl (C=S) groups is 1. The van der Waals surface area contributed by atoms with E-state index in [0.717, 1.165) is 50.9 Å². The topological polar surface area (TPSA) is 41.0 Å². The molecule has 1 aliphatic heterocycles. The number of likely N-dealkylation sites (tertiary alicyclic amines) is 1. The van der Waals surface area contributed by atoms with Gasteiger partial charge in [0.2, 0.25) is 0 Å². The van der Waals surface area contributed by atoms with E-state index in [2.05, 4.69) is 67.4 Å². The van der Waals surface area contributed by atoms with Gasteiger partial charge in [-0.15, -0.1) is 0 Å². The molecule has 1 N–H and O–H groups in total. The molecule has 1 aliphatic carbocycles. The fourth-order valence-electron chi connectivity index (χ4n) is 6.11. The summed E-state index contributed by atoms with van der Waals surface area (Å²) < 4.78 is 0. The Kier molecular flexibility index (Phi) is 5.76. The summed E-state index contributed by atoms with van der Waals surface area (Å²) in [5, 5.41) is 4.35. The molecule has 36 heavy (non-hydrogen) atoms. The SMILES string of the molecule is C[C@H]1[C@H]2C[C@@H](CC1(C)C)N(C(=S)Nc1ccc3nc(-c4ccccc4)c(-c4ccccc4)nc3c1)C2. The molecule has 4 aromatic rings. The quantitative estimate of drug-likeness (QED) is 0.301. The van der Waals surface area contributed by atoms with Gasteiger partial charge in [0, 0.05) is 29.4 Å². The van der Waals surface area contributed by atoms with Gasteiger partial charge in [-0.3, -0.25) is 0 Å². The van der Waals surface area contributed by atoms with Crippen LogP contribution in [0.3, 0.4) is 0 Å². The second-order valence-electron chi connectivity index (χ2n) is 11.1. The van der Waals surface area contributed by atoms with Crippen LogP contribution in [0.4, 0.5) is 5.69 Å². The maximum atomic E-state index is 5.92. The van der Waals surface area contributed by atoms with E-state index in [1.54, 1.807) is 0 Å². The highest BCUT2D eigenvalue weighted by molar-refractivity contribution is 7.80. The van der Waals surface area contributed by atoms with Gasteiger partial charge in [0.15, 0.2) is 5.11 Å². The van der Waals surface area contributed by atoms with E-state index >= 15 is 0 Å². The first-order valence-corrected chi connectivity index (χ1v) is 13.3. The lowest BCUT2D eigenvalue weighted by Gasteiger charge is -2.41. The van der Waals surface area contributed by atoms with Crippen LogP contribution in [0.15, 0.2) is 78.9 Å². The highest BCUT2D eigenvalue weighted by atomic mass is 32.1. The van der Waals surface area contributed by atoms with Crippen molar-refractivity contribution in [2.24, 2.45) is 17.3 Å². The zero-order chi connectivity index (χ0) is 24.9. The molecule has 1 saturated carbocycles. The third-order valence-electron chi connectivity index (χ3n) is 8.42. The number of hydrogen-bond donors (Lipinski definition) is 1. The van der Waals surface area contributed by atoms with Crippen molar-refractivity contribution >= 4 is 34.1 Å². The molecule has 4 nitrogen and oxygen atoms in total. The van der Waals surface area contributed by atoms with Crippen molar-refractivity contribution < 1.29 is 0 Å². The second-order valence-corrected chi connectivity index (χ2v) is 11.5. The Bertz CT molecular complexity index is 1420. The van der Waals surface area contributed by atoms with Gasteiger partial charge < -0.3 is 10.2 Å². The highest BCUT2D eigenvalue weighted by Crippen LogP contribution is 2.49. The molecule has 0 amide bonds. The Morgan fingerprint density at radius 2 is 1.50 bits per heavy atom. The Balaban J connectivity index is 1.33. The molecule has 6 rings (SSSR count). The first-order valence-electron chi connectivity index (χ1n) is 12.9. The standard InChI is InChI=1S/C31H32N4S/c1-20-23-16-25(18-31(20,2)3)35(19-23)30(36)32-24-14-15-26-27(17-24)34-29(22-12-8-5-9-13-22)28(33-26)21-10-6-4-7-11-21/h4-15,17,20,23,25H,16,18-19H2,1-3H3,(H,32,36)/t20-,23-,25-/m0/s1. The van der Waals surface area contributed by atoms with Crippen LogP contribution in [-0.4, -0.2) is 32.6 Å². The van der Waals surface area contributed by atoms with Crippen molar-refractivity contribution in [2.45, 2.75) is 39.7 Å². The van der Waals surface area contributed by atoms with E-state index < -0.39 is 0 Å². The first kappa shape index (κ1) is 23.1. The molecule has 0 spiro atoms. The highest BCUT2D eigenvalue weighted by Gasteiger charge is 2.48. The summed E-state index contributed by atoms with van der Waals surface area (Å²) in [6, 6.07) is 27.3. The van der Waals surface area contributed by atoms with Crippen molar-refractivity contribution in [3.63, 3.8) is 0 Å². The van der Waals surface area contributed by atoms with Gasteiger partial charge in [0.25, 0.3) is 0 Å². The molecule has 2 bridgehead atoms. The first-order chi connectivity index (χ1) is 17.4. The predicted octanol–water partition coefficient (Wildman–Crippen LogP) is 7.42. The molecule has 1 saturated heterocycles. The lowest BCUT2D eigenvalue weighted by Crippen LogP contribution is -2.41. The number of fused-ring (bicyclic) bond motifs is 3. The van der Waals surface area contributed by atoms with Crippen LogP contribution in [0.25, 0.3) is 33.5 Å². The lowest BCUT2D eigenvalue weighted by atomic mass is 9.65. The van der Waals surface area contributed by atoms with Crippen LogP contribution in [0.1, 0.15) is 33.6 Å². The fraction of sp³-hybridized carbons (Fsp3) is 0.323. The minimum atomic E-state index is 0.362. The molecular formula is C31H32N4S. The monoisotopic (exact) mass is 492 g/mol. The third-order valence-corrected chi connectivity index (χ3v) is 8.76. The Hall–Kier alpha value is -3.31. The molecule has 2 fully saturated rings. The molecule has 3 atom stereocenters. The normalized spacial score (nSPS) is 22.5. The molecule has 2 heterocycles. The summed E-state index contributed by atoms with van der Waals surface area (Å²) in [7, 11) is 0. The van der Waals surface area contributed by atoms with Crippen LogP contribution in [0.2, 0.25) is 0 Å². The van der Waals surface area contributed by atoms with E-state index in [0.29, 0.717) is 23.3 Å². The average molecular weight is 493 g/mol. The minimum absolute atomic E-state index is 0.362. The molecule has 3 aromatic carbocycles. The third kappa shape index (κ3) is 4.16. The summed E-state index contributed by atoms with van der Waals surface area (Å²) >= 11 is 5.92. The van der Waals surface area contributed by atoms with E-state index in [1.807, 2.05) is 42.5 Å². The average Bonchev–Trinajstić information content (AvgIpc) is 3.27. The molecule has 0 unspecified atom stereocenters. The summed E-state index contributed by atoms with van der Waals surface area (Å²) in [6.45, 7) is 8.28. The number of anilines is 1. The molecule has 1 aromatic heterocycles. The summed E-state index contributed by atoms with van der Waals surface area (Å²) in [4.78, 5) is 12.6. The predicted molar refractivity (Wildman–Crippen MR) is 153 cm³/mol. The van der Waals surface area contributed by atoms with Gasteiger partial charge in [-0.25, -0.2) is 9.97 Å². The number of nitrogens with zero attached hydrogens (tertiary/aromatic N) is 3. The number of rotatable bonds is 3. The molecule has 5 heteroatoms. The summed E-state index contributed by atoms with van der Waals surface area (Å²) in [6.07, 6.45) is 2.44. The van der Waals surface area contributed by atoms with Crippen LogP contribution in [-0.2, 0) is 0 Å². The number of aromatic nitrogens is 2. The Labute approximate surface area is 218 Å².